The molecule has 2 N–H and O–H groups in total. The largest absolute Gasteiger partial charge is 0.508 e. The molecule has 2 atom stereocenters. The summed E-state index contributed by atoms with van der Waals surface area (Å²) in [5.41, 5.74) is 1.18. The molecule has 0 radical (unpaired) electrons. The van der Waals surface area contributed by atoms with Crippen LogP contribution >= 0.6 is 0 Å². The van der Waals surface area contributed by atoms with Crippen LogP contribution in [0.2, 0.25) is 0 Å². The van der Waals surface area contributed by atoms with Gasteiger partial charge in [-0.2, -0.15) is 0 Å². The molecule has 0 aromatic heterocycles. The van der Waals surface area contributed by atoms with Gasteiger partial charge in [0.25, 0.3) is 0 Å². The maximum Gasteiger partial charge on any atom is 0.115 e. The molecular formula is C12H18N2O. The van der Waals surface area contributed by atoms with Crippen LogP contribution in [0, 0.1) is 0 Å². The van der Waals surface area contributed by atoms with Crippen molar-refractivity contribution in [2.75, 3.05) is 20.1 Å². The van der Waals surface area contributed by atoms with Crippen molar-refractivity contribution in [3.05, 3.63) is 29.8 Å². The van der Waals surface area contributed by atoms with Crippen molar-refractivity contribution in [3.8, 4) is 5.75 Å². The van der Waals surface area contributed by atoms with Crippen molar-refractivity contribution in [3.63, 3.8) is 0 Å². The predicted molar refractivity (Wildman–Crippen MR) is 60.9 cm³/mol. The standard InChI is InChI=1S/C12H18N2O/c1-9-7-13-8-12(14(9)2)10-4-3-5-11(15)6-10/h3-6,9,12-13,15H,7-8H2,1-2H3. The molecule has 1 saturated heterocycles. The Hall–Kier alpha value is -1.06. The Kier molecular flexibility index (Phi) is 2.93. The minimum absolute atomic E-state index is 0.346. The van der Waals surface area contributed by atoms with Crippen LogP contribution in [0.1, 0.15) is 18.5 Å². The van der Waals surface area contributed by atoms with Gasteiger partial charge in [-0.05, 0) is 31.7 Å². The van der Waals surface area contributed by atoms with E-state index in [1.165, 1.54) is 5.56 Å². The Morgan fingerprint density at radius 3 is 2.93 bits per heavy atom. The molecule has 0 saturated carbocycles. The summed E-state index contributed by atoms with van der Waals surface area (Å²) in [6.45, 7) is 4.19. The van der Waals surface area contributed by atoms with E-state index in [1.54, 1.807) is 6.07 Å². The van der Waals surface area contributed by atoms with E-state index in [0.29, 0.717) is 17.8 Å². The molecule has 1 aromatic rings. The first-order chi connectivity index (χ1) is 7.18. The molecule has 15 heavy (non-hydrogen) atoms. The number of hydrogen-bond donors (Lipinski definition) is 2. The van der Waals surface area contributed by atoms with E-state index in [2.05, 4.69) is 30.3 Å². The Balaban J connectivity index is 2.22. The molecule has 3 nitrogen and oxygen atoms in total. The summed E-state index contributed by atoms with van der Waals surface area (Å²) in [7, 11) is 2.14. The van der Waals surface area contributed by atoms with E-state index in [9.17, 15) is 5.11 Å². The average Bonchev–Trinajstić information content (AvgIpc) is 2.22. The molecule has 82 valence electrons. The molecule has 3 heteroatoms. The number of hydrogen-bond acceptors (Lipinski definition) is 3. The van der Waals surface area contributed by atoms with E-state index in [-0.39, 0.29) is 0 Å². The van der Waals surface area contributed by atoms with E-state index >= 15 is 0 Å². The predicted octanol–water partition coefficient (Wildman–Crippen LogP) is 1.36. The fourth-order valence-corrected chi connectivity index (χ4v) is 2.11. The summed E-state index contributed by atoms with van der Waals surface area (Å²) in [4.78, 5) is 2.35. The van der Waals surface area contributed by atoms with E-state index < -0.39 is 0 Å². The van der Waals surface area contributed by atoms with Gasteiger partial charge in [0.05, 0.1) is 0 Å². The molecule has 1 aliphatic rings. The van der Waals surface area contributed by atoms with Crippen LogP contribution in [0.5, 0.6) is 5.75 Å². The maximum absolute atomic E-state index is 9.46. The number of rotatable bonds is 1. The quantitative estimate of drug-likeness (QED) is 0.728. The highest BCUT2D eigenvalue weighted by molar-refractivity contribution is 5.30. The molecule has 0 bridgehead atoms. The number of nitrogens with zero attached hydrogens (tertiary/aromatic N) is 1. The fraction of sp³-hybridized carbons (Fsp3) is 0.500. The second kappa shape index (κ2) is 4.21. The number of piperazine rings is 1. The third-order valence-corrected chi connectivity index (χ3v) is 3.22. The third kappa shape index (κ3) is 2.13. The molecule has 0 spiro atoms. The van der Waals surface area contributed by atoms with Gasteiger partial charge in [-0.25, -0.2) is 0 Å². The molecular weight excluding hydrogens is 188 g/mol. The summed E-state index contributed by atoms with van der Waals surface area (Å²) in [6, 6.07) is 8.43. The number of aromatic hydroxyl groups is 1. The van der Waals surface area contributed by atoms with Crippen molar-refractivity contribution in [2.24, 2.45) is 0 Å². The van der Waals surface area contributed by atoms with Gasteiger partial charge in [-0.15, -0.1) is 0 Å². The summed E-state index contributed by atoms with van der Waals surface area (Å²) >= 11 is 0. The van der Waals surface area contributed by atoms with Gasteiger partial charge in [-0.1, -0.05) is 12.1 Å². The summed E-state index contributed by atoms with van der Waals surface area (Å²) in [5.74, 6) is 0.346. The maximum atomic E-state index is 9.46. The first kappa shape index (κ1) is 10.5. The fourth-order valence-electron chi connectivity index (χ4n) is 2.11. The zero-order chi connectivity index (χ0) is 10.8. The van der Waals surface area contributed by atoms with Crippen LogP contribution in [0.25, 0.3) is 0 Å². The van der Waals surface area contributed by atoms with Crippen LogP contribution in [0.3, 0.4) is 0 Å². The first-order valence-corrected chi connectivity index (χ1v) is 5.40. The van der Waals surface area contributed by atoms with Crippen LogP contribution in [-0.4, -0.2) is 36.2 Å². The zero-order valence-electron chi connectivity index (χ0n) is 9.27. The Labute approximate surface area is 90.7 Å². The molecule has 2 unspecified atom stereocenters. The summed E-state index contributed by atoms with van der Waals surface area (Å²) in [5, 5.41) is 12.9. The number of phenolic OH excluding ortho intramolecular Hbond substituents is 1. The number of benzene rings is 1. The monoisotopic (exact) mass is 206 g/mol. The second-order valence-electron chi connectivity index (χ2n) is 4.28. The van der Waals surface area contributed by atoms with Crippen molar-refractivity contribution < 1.29 is 5.11 Å². The average molecular weight is 206 g/mol. The van der Waals surface area contributed by atoms with Gasteiger partial charge in [0.1, 0.15) is 5.75 Å². The van der Waals surface area contributed by atoms with Gasteiger partial charge in [0.15, 0.2) is 0 Å². The number of nitrogens with one attached hydrogen (secondary N) is 1. The SMILES string of the molecule is CC1CNCC(c2cccc(O)c2)N1C. The Morgan fingerprint density at radius 1 is 1.40 bits per heavy atom. The molecule has 1 heterocycles. The third-order valence-electron chi connectivity index (χ3n) is 3.22. The van der Waals surface area contributed by atoms with Crippen LogP contribution in [-0.2, 0) is 0 Å². The van der Waals surface area contributed by atoms with Gasteiger partial charge in [0.2, 0.25) is 0 Å². The molecule has 0 aliphatic carbocycles. The highest BCUT2D eigenvalue weighted by Gasteiger charge is 2.25. The lowest BCUT2D eigenvalue weighted by Gasteiger charge is -2.38. The van der Waals surface area contributed by atoms with Crippen molar-refractivity contribution in [1.29, 1.82) is 0 Å². The Morgan fingerprint density at radius 2 is 2.20 bits per heavy atom. The van der Waals surface area contributed by atoms with E-state index in [4.69, 9.17) is 0 Å². The molecule has 1 fully saturated rings. The van der Waals surface area contributed by atoms with Crippen molar-refractivity contribution >= 4 is 0 Å². The summed E-state index contributed by atoms with van der Waals surface area (Å²) in [6.07, 6.45) is 0. The highest BCUT2D eigenvalue weighted by atomic mass is 16.3. The lowest BCUT2D eigenvalue weighted by molar-refractivity contribution is 0.141. The van der Waals surface area contributed by atoms with Gasteiger partial charge in [0, 0.05) is 25.2 Å². The smallest absolute Gasteiger partial charge is 0.115 e. The van der Waals surface area contributed by atoms with Crippen molar-refractivity contribution in [2.45, 2.75) is 19.0 Å². The normalized spacial score (nSPS) is 27.9. The highest BCUT2D eigenvalue weighted by Crippen LogP contribution is 2.25. The number of likely N-dealkylation sites (N-methyl/N-ethyl adjacent to an activating group) is 1. The number of phenols is 1. The lowest BCUT2D eigenvalue weighted by atomic mass is 10.0. The van der Waals surface area contributed by atoms with Gasteiger partial charge < -0.3 is 10.4 Å². The molecule has 0 amide bonds. The van der Waals surface area contributed by atoms with E-state index in [0.717, 1.165) is 13.1 Å². The van der Waals surface area contributed by atoms with Gasteiger partial charge in [-0.3, -0.25) is 4.90 Å². The lowest BCUT2D eigenvalue weighted by Crippen LogP contribution is -2.49. The van der Waals surface area contributed by atoms with Crippen molar-refractivity contribution in [1.82, 2.24) is 10.2 Å². The second-order valence-corrected chi connectivity index (χ2v) is 4.28. The zero-order valence-corrected chi connectivity index (χ0v) is 9.27. The van der Waals surface area contributed by atoms with Crippen LogP contribution < -0.4 is 5.32 Å². The van der Waals surface area contributed by atoms with Gasteiger partial charge >= 0.3 is 0 Å². The van der Waals surface area contributed by atoms with Crippen LogP contribution in [0.15, 0.2) is 24.3 Å². The minimum Gasteiger partial charge on any atom is -0.508 e. The first-order valence-electron chi connectivity index (χ1n) is 5.40. The Bertz CT molecular complexity index is 340. The minimum atomic E-state index is 0.346. The van der Waals surface area contributed by atoms with Crippen LogP contribution in [0.4, 0.5) is 0 Å². The summed E-state index contributed by atoms with van der Waals surface area (Å²) < 4.78 is 0. The molecule has 1 aromatic carbocycles. The molecule has 1 aliphatic heterocycles. The molecule has 2 rings (SSSR count). The van der Waals surface area contributed by atoms with E-state index in [1.807, 2.05) is 12.1 Å². The topological polar surface area (TPSA) is 35.5 Å².